The van der Waals surface area contributed by atoms with Crippen molar-refractivity contribution < 1.29 is 9.13 Å². The average Bonchev–Trinajstić information content (AvgIpc) is 3.14. The van der Waals surface area contributed by atoms with Gasteiger partial charge in [0.05, 0.1) is 22.7 Å². The van der Waals surface area contributed by atoms with Gasteiger partial charge in [-0.3, -0.25) is 0 Å². The molecule has 0 aliphatic carbocycles. The third-order valence-corrected chi connectivity index (χ3v) is 14.6. The maximum atomic E-state index is 15.9. The van der Waals surface area contributed by atoms with Crippen LogP contribution in [0.25, 0.3) is 43.1 Å². The van der Waals surface area contributed by atoms with Crippen LogP contribution in [0, 0.1) is 0 Å². The largest absolute Gasteiger partial charge is 0.343 e. The minimum absolute atomic E-state index is 0.774. The molecule has 1 heterocycles. The first kappa shape index (κ1) is 30.0. The highest BCUT2D eigenvalue weighted by molar-refractivity contribution is 7.78. The smallest absolute Gasteiger partial charge is 0.144 e. The monoisotopic (exact) mass is 672 g/mol. The van der Waals surface area contributed by atoms with Gasteiger partial charge in [0.1, 0.15) is 14.9 Å². The van der Waals surface area contributed by atoms with E-state index in [1.807, 2.05) is 75.4 Å². The van der Waals surface area contributed by atoms with Crippen molar-refractivity contribution in [2.24, 2.45) is 0 Å². The lowest BCUT2D eigenvalue weighted by atomic mass is 10.0. The van der Waals surface area contributed by atoms with Gasteiger partial charge >= 0.3 is 0 Å². The molecule has 4 nitrogen and oxygen atoms in total. The van der Waals surface area contributed by atoms with Crippen molar-refractivity contribution in [3.8, 4) is 0 Å². The number of hydrogen-bond donors (Lipinski definition) is 0. The third kappa shape index (κ3) is 4.59. The first-order valence-corrected chi connectivity index (χ1v) is 20.1. The van der Waals surface area contributed by atoms with Crippen molar-refractivity contribution in [3.63, 3.8) is 0 Å². The molecule has 0 saturated carbocycles. The summed E-state index contributed by atoms with van der Waals surface area (Å²) in [5.41, 5.74) is 3.44. The Bertz CT molecular complexity index is 2740. The van der Waals surface area contributed by atoms with Crippen LogP contribution in [0.4, 0.5) is 22.7 Å². The minimum Gasteiger partial charge on any atom is -0.343 e. The van der Waals surface area contributed by atoms with Gasteiger partial charge in [-0.05, 0) is 75.4 Å². The van der Waals surface area contributed by atoms with E-state index in [0.29, 0.717) is 0 Å². The second-order valence-electron chi connectivity index (χ2n) is 13.1. The molecule has 0 spiro atoms. The highest BCUT2D eigenvalue weighted by Gasteiger charge is 2.34. The van der Waals surface area contributed by atoms with E-state index < -0.39 is 14.9 Å². The van der Waals surface area contributed by atoms with Crippen LogP contribution >= 0.6 is 14.9 Å². The number of fused-ring (bicyclic) bond motifs is 10. The topological polar surface area (TPSA) is 40.6 Å². The molecule has 0 saturated heterocycles. The first-order valence-electron chi connectivity index (χ1n) is 16.5. The zero-order chi connectivity index (χ0) is 33.4. The summed E-state index contributed by atoms with van der Waals surface area (Å²) in [4.78, 5) is 4.29. The number of hydrogen-bond acceptors (Lipinski definition) is 4. The molecule has 6 heteroatoms. The van der Waals surface area contributed by atoms with Gasteiger partial charge in [-0.2, -0.15) is 0 Å². The second-order valence-corrected chi connectivity index (χ2v) is 17.7. The van der Waals surface area contributed by atoms with Crippen LogP contribution in [0.1, 0.15) is 0 Å². The van der Waals surface area contributed by atoms with E-state index >= 15 is 9.13 Å². The van der Waals surface area contributed by atoms with Gasteiger partial charge in [0.25, 0.3) is 0 Å². The summed E-state index contributed by atoms with van der Waals surface area (Å²) in [5.74, 6) is 0. The van der Waals surface area contributed by atoms with E-state index in [2.05, 4.69) is 101 Å². The summed E-state index contributed by atoms with van der Waals surface area (Å²) < 4.78 is 31.4. The molecule has 1 aliphatic heterocycles. The quantitative estimate of drug-likeness (QED) is 0.151. The normalized spacial score (nSPS) is 17.7. The zero-order valence-electron chi connectivity index (χ0n) is 27.5. The molecule has 9 rings (SSSR count). The van der Waals surface area contributed by atoms with Crippen molar-refractivity contribution >= 4 is 102 Å². The summed E-state index contributed by atoms with van der Waals surface area (Å²) >= 11 is 0. The Kier molecular flexibility index (Phi) is 6.85. The van der Waals surface area contributed by atoms with Gasteiger partial charge in [0.2, 0.25) is 0 Å². The van der Waals surface area contributed by atoms with Gasteiger partial charge in [-0.25, -0.2) is 0 Å². The molecule has 0 radical (unpaired) electrons. The Morgan fingerprint density at radius 2 is 0.959 bits per heavy atom. The Morgan fingerprint density at radius 3 is 1.59 bits per heavy atom. The Hall–Kier alpha value is -5.14. The minimum atomic E-state index is -3.30. The molecule has 8 aromatic carbocycles. The molecule has 2 unspecified atom stereocenters. The Labute approximate surface area is 286 Å². The number of anilines is 4. The van der Waals surface area contributed by atoms with Gasteiger partial charge < -0.3 is 18.9 Å². The van der Waals surface area contributed by atoms with Gasteiger partial charge in [0.15, 0.2) is 0 Å². The molecular weight excluding hydrogens is 638 g/mol. The van der Waals surface area contributed by atoms with Gasteiger partial charge in [0, 0.05) is 46.1 Å². The molecule has 2 atom stereocenters. The lowest BCUT2D eigenvalue weighted by Gasteiger charge is -2.33. The predicted octanol–water partition coefficient (Wildman–Crippen LogP) is 9.60. The van der Waals surface area contributed by atoms with Crippen LogP contribution in [-0.2, 0) is 9.13 Å². The lowest BCUT2D eigenvalue weighted by molar-refractivity contribution is 0.590. The molecule has 238 valence electrons. The van der Waals surface area contributed by atoms with Crippen molar-refractivity contribution in [2.45, 2.75) is 0 Å². The molecule has 0 aromatic heterocycles. The molecule has 0 fully saturated rings. The van der Waals surface area contributed by atoms with Gasteiger partial charge in [-0.1, -0.05) is 109 Å². The van der Waals surface area contributed by atoms with Crippen LogP contribution < -0.4 is 31.0 Å². The number of rotatable bonds is 0. The molecule has 1 aliphatic rings. The summed E-state index contributed by atoms with van der Waals surface area (Å²) in [7, 11) is -1.84. The lowest BCUT2D eigenvalue weighted by Crippen LogP contribution is -2.31. The van der Waals surface area contributed by atoms with Crippen LogP contribution in [0.2, 0.25) is 0 Å². The van der Waals surface area contributed by atoms with E-state index in [9.17, 15) is 0 Å². The molecular formula is C43H34N2O2P2. The van der Waals surface area contributed by atoms with E-state index in [0.717, 1.165) is 87.1 Å². The van der Waals surface area contributed by atoms with E-state index in [1.165, 1.54) is 0 Å². The molecule has 0 N–H and O–H groups in total. The first-order chi connectivity index (χ1) is 23.8. The van der Waals surface area contributed by atoms with E-state index in [-0.39, 0.29) is 0 Å². The Balaban J connectivity index is 1.49. The van der Waals surface area contributed by atoms with Crippen LogP contribution in [0.3, 0.4) is 0 Å². The van der Waals surface area contributed by atoms with Crippen LogP contribution in [-0.4, -0.2) is 20.8 Å². The summed E-state index contributed by atoms with van der Waals surface area (Å²) in [6, 6.07) is 49.8. The van der Waals surface area contributed by atoms with Crippen molar-refractivity contribution in [1.82, 2.24) is 0 Å². The van der Waals surface area contributed by atoms with E-state index in [1.54, 1.807) is 0 Å². The fourth-order valence-corrected chi connectivity index (χ4v) is 11.9. The number of benzene rings is 8. The summed E-state index contributed by atoms with van der Waals surface area (Å²) in [5, 5.41) is 11.4. The standard InChI is InChI=1S/C43H34N2O2P2/c1-44-36-24-30-14-4-6-16-32(30)26-39(36)48(46)38-22-20-28-12-8-10-18-34(28)42(38)45(2)43-35-19-11-9-13-29(35)21-23-40(43)49(3,47)41-27-33-17-7-5-15-31(33)25-37(41)44/h4-27,48H,1-3H3. The summed E-state index contributed by atoms with van der Waals surface area (Å²) in [6.07, 6.45) is 0. The molecule has 0 amide bonds. The van der Waals surface area contributed by atoms with Crippen molar-refractivity contribution in [1.29, 1.82) is 0 Å². The molecule has 0 bridgehead atoms. The predicted molar refractivity (Wildman–Crippen MR) is 213 cm³/mol. The molecule has 8 aromatic rings. The van der Waals surface area contributed by atoms with E-state index in [4.69, 9.17) is 0 Å². The number of nitrogens with zero attached hydrogens (tertiary/aromatic N) is 2. The van der Waals surface area contributed by atoms with Gasteiger partial charge in [-0.15, -0.1) is 0 Å². The maximum absolute atomic E-state index is 15.9. The fourth-order valence-electron chi connectivity index (χ4n) is 7.77. The van der Waals surface area contributed by atoms with Crippen molar-refractivity contribution in [3.05, 3.63) is 146 Å². The van der Waals surface area contributed by atoms with Crippen molar-refractivity contribution in [2.75, 3.05) is 30.6 Å². The van der Waals surface area contributed by atoms with Crippen LogP contribution in [0.5, 0.6) is 0 Å². The highest BCUT2D eigenvalue weighted by atomic mass is 31.2. The highest BCUT2D eigenvalue weighted by Crippen LogP contribution is 2.50. The SMILES string of the molecule is CN1c2cc3ccccc3cc2[PH](=O)c2ccc3ccccc3c2N(C)c2c(ccc3ccccc23)P(C)(=O)c2cc3ccccc3cc21. The third-order valence-electron chi connectivity index (χ3n) is 10.3. The zero-order valence-corrected chi connectivity index (χ0v) is 29.4. The molecule has 49 heavy (non-hydrogen) atoms. The Morgan fingerprint density at radius 1 is 0.469 bits per heavy atom. The maximum Gasteiger partial charge on any atom is 0.144 e. The summed E-state index contributed by atoms with van der Waals surface area (Å²) in [6.45, 7) is 1.91. The second kappa shape index (κ2) is 11.2. The average molecular weight is 673 g/mol. The fraction of sp³-hybridized carbons (Fsp3) is 0.0698. The van der Waals surface area contributed by atoms with Crippen LogP contribution in [0.15, 0.2) is 146 Å².